The van der Waals surface area contributed by atoms with Crippen molar-refractivity contribution in [3.8, 4) is 12.3 Å². The third-order valence-corrected chi connectivity index (χ3v) is 3.49. The maximum Gasteiger partial charge on any atom is 0.249 e. The highest BCUT2D eigenvalue weighted by Crippen LogP contribution is 2.26. The Hall–Kier alpha value is -1.50. The van der Waals surface area contributed by atoms with Crippen LogP contribution in [-0.4, -0.2) is 34.3 Å². The molecule has 1 N–H and O–H groups in total. The Morgan fingerprint density at radius 2 is 2.00 bits per heavy atom. The fourth-order valence-corrected chi connectivity index (χ4v) is 2.55. The lowest BCUT2D eigenvalue weighted by atomic mass is 9.89. The van der Waals surface area contributed by atoms with E-state index in [9.17, 15) is 9.59 Å². The van der Waals surface area contributed by atoms with E-state index in [0.29, 0.717) is 0 Å². The van der Waals surface area contributed by atoms with Gasteiger partial charge in [-0.05, 0) is 26.2 Å². The molecule has 1 rings (SSSR count). The van der Waals surface area contributed by atoms with E-state index in [0.717, 1.165) is 12.8 Å². The monoisotopic (exact) mass is 264 g/mol. The molecule has 0 bridgehead atoms. The number of hydrogen-bond acceptors (Lipinski definition) is 2. The average Bonchev–Trinajstić information content (AvgIpc) is 2.29. The van der Waals surface area contributed by atoms with Crippen LogP contribution in [0.15, 0.2) is 0 Å². The third-order valence-electron chi connectivity index (χ3n) is 3.49. The van der Waals surface area contributed by atoms with E-state index in [1.54, 1.807) is 18.7 Å². The first kappa shape index (κ1) is 15.6. The predicted molar refractivity (Wildman–Crippen MR) is 75.2 cm³/mol. The van der Waals surface area contributed by atoms with Gasteiger partial charge in [0, 0.05) is 0 Å². The van der Waals surface area contributed by atoms with Crippen molar-refractivity contribution in [3.63, 3.8) is 0 Å². The van der Waals surface area contributed by atoms with Crippen molar-refractivity contribution in [1.29, 1.82) is 0 Å². The smallest absolute Gasteiger partial charge is 0.249 e. The Morgan fingerprint density at radius 3 is 2.42 bits per heavy atom. The van der Waals surface area contributed by atoms with Gasteiger partial charge in [-0.15, -0.1) is 6.42 Å². The van der Waals surface area contributed by atoms with Crippen LogP contribution in [0, 0.1) is 18.3 Å². The topological polar surface area (TPSA) is 49.4 Å². The number of nitrogens with one attached hydrogen (secondary N) is 1. The Labute approximate surface area is 115 Å². The fraction of sp³-hybridized carbons (Fsp3) is 0.733. The summed E-state index contributed by atoms with van der Waals surface area (Å²) in [5.74, 6) is 2.50. The molecule has 0 aliphatic carbocycles. The van der Waals surface area contributed by atoms with Crippen LogP contribution in [0.3, 0.4) is 0 Å². The normalized spacial score (nSPS) is 24.1. The van der Waals surface area contributed by atoms with Crippen molar-refractivity contribution in [1.82, 2.24) is 10.2 Å². The minimum absolute atomic E-state index is 0.0350. The maximum absolute atomic E-state index is 12.6. The highest BCUT2D eigenvalue weighted by molar-refractivity contribution is 5.99. The second kappa shape index (κ2) is 5.64. The summed E-state index contributed by atoms with van der Waals surface area (Å²) in [5, 5.41) is 2.79. The SMILES string of the molecule is C#CC(CCC)N1C(=O)C(C)(C)NC(=O)C1C(C)C. The Balaban J connectivity index is 3.20. The number of amides is 2. The van der Waals surface area contributed by atoms with Crippen LogP contribution >= 0.6 is 0 Å². The van der Waals surface area contributed by atoms with Gasteiger partial charge in [-0.3, -0.25) is 9.59 Å². The molecular weight excluding hydrogens is 240 g/mol. The number of terminal acetylenes is 1. The quantitative estimate of drug-likeness (QED) is 0.783. The molecule has 2 unspecified atom stereocenters. The summed E-state index contributed by atoms with van der Waals surface area (Å²) in [4.78, 5) is 26.5. The van der Waals surface area contributed by atoms with E-state index in [1.807, 2.05) is 20.8 Å². The summed E-state index contributed by atoms with van der Waals surface area (Å²) in [6.07, 6.45) is 7.17. The van der Waals surface area contributed by atoms with Crippen molar-refractivity contribution >= 4 is 11.8 Å². The van der Waals surface area contributed by atoms with E-state index in [-0.39, 0.29) is 23.8 Å². The van der Waals surface area contributed by atoms with Gasteiger partial charge in [0.15, 0.2) is 0 Å². The van der Waals surface area contributed by atoms with Crippen molar-refractivity contribution < 1.29 is 9.59 Å². The van der Waals surface area contributed by atoms with E-state index in [2.05, 4.69) is 11.2 Å². The Bertz CT molecular complexity index is 407. The largest absolute Gasteiger partial charge is 0.340 e. The number of rotatable bonds is 4. The highest BCUT2D eigenvalue weighted by atomic mass is 16.2. The molecule has 1 saturated heterocycles. The van der Waals surface area contributed by atoms with Gasteiger partial charge in [0.2, 0.25) is 11.8 Å². The molecule has 0 aromatic heterocycles. The zero-order valence-corrected chi connectivity index (χ0v) is 12.5. The molecule has 0 radical (unpaired) electrons. The molecule has 1 aliphatic rings. The number of piperazine rings is 1. The summed E-state index contributed by atoms with van der Waals surface area (Å²) < 4.78 is 0. The summed E-state index contributed by atoms with van der Waals surface area (Å²) in [6.45, 7) is 9.33. The van der Waals surface area contributed by atoms with Crippen LogP contribution in [0.1, 0.15) is 47.5 Å². The lowest BCUT2D eigenvalue weighted by Crippen LogP contribution is -2.71. The standard InChI is InChI=1S/C15H24N2O2/c1-7-9-11(8-2)17-12(10(3)4)13(18)16-15(5,6)14(17)19/h2,10-12H,7,9H2,1,3-6H3,(H,16,18). The van der Waals surface area contributed by atoms with Gasteiger partial charge in [-0.25, -0.2) is 0 Å². The second-order valence-corrected chi connectivity index (χ2v) is 5.99. The molecule has 0 spiro atoms. The first-order chi connectivity index (χ1) is 8.76. The molecule has 4 heteroatoms. The lowest BCUT2D eigenvalue weighted by molar-refractivity contribution is -0.157. The van der Waals surface area contributed by atoms with Crippen LogP contribution < -0.4 is 5.32 Å². The number of carbonyl (C=O) groups is 2. The first-order valence-electron chi connectivity index (χ1n) is 6.87. The predicted octanol–water partition coefficient (Wildman–Crippen LogP) is 1.55. The van der Waals surface area contributed by atoms with E-state index in [1.165, 1.54) is 0 Å². The molecule has 1 aliphatic heterocycles. The van der Waals surface area contributed by atoms with Crippen LogP contribution in [0.2, 0.25) is 0 Å². The van der Waals surface area contributed by atoms with Crippen molar-refractivity contribution in [2.24, 2.45) is 5.92 Å². The summed E-state index contributed by atoms with van der Waals surface area (Å²) >= 11 is 0. The summed E-state index contributed by atoms with van der Waals surface area (Å²) in [6, 6.07) is -0.789. The average molecular weight is 264 g/mol. The van der Waals surface area contributed by atoms with Gasteiger partial charge >= 0.3 is 0 Å². The van der Waals surface area contributed by atoms with Crippen LogP contribution in [0.4, 0.5) is 0 Å². The van der Waals surface area contributed by atoms with Crippen molar-refractivity contribution in [2.75, 3.05) is 0 Å². The van der Waals surface area contributed by atoms with Crippen LogP contribution in [0.25, 0.3) is 0 Å². The second-order valence-electron chi connectivity index (χ2n) is 5.99. The highest BCUT2D eigenvalue weighted by Gasteiger charge is 2.48. The zero-order valence-electron chi connectivity index (χ0n) is 12.5. The number of carbonyl (C=O) groups excluding carboxylic acids is 2. The first-order valence-corrected chi connectivity index (χ1v) is 6.87. The van der Waals surface area contributed by atoms with Gasteiger partial charge < -0.3 is 10.2 Å². The summed E-state index contributed by atoms with van der Waals surface area (Å²) in [5.41, 5.74) is -0.884. The van der Waals surface area contributed by atoms with Crippen molar-refractivity contribution in [3.05, 3.63) is 0 Å². The minimum atomic E-state index is -0.884. The molecule has 0 aromatic carbocycles. The molecule has 0 aromatic rings. The fourth-order valence-electron chi connectivity index (χ4n) is 2.55. The summed E-state index contributed by atoms with van der Waals surface area (Å²) in [7, 11) is 0. The van der Waals surface area contributed by atoms with E-state index < -0.39 is 11.6 Å². The van der Waals surface area contributed by atoms with E-state index >= 15 is 0 Å². The number of nitrogens with zero attached hydrogens (tertiary/aromatic N) is 1. The Kier molecular flexibility index (Phi) is 4.62. The molecule has 1 heterocycles. The van der Waals surface area contributed by atoms with Crippen LogP contribution in [0.5, 0.6) is 0 Å². The van der Waals surface area contributed by atoms with E-state index in [4.69, 9.17) is 6.42 Å². The minimum Gasteiger partial charge on any atom is -0.340 e. The molecule has 106 valence electrons. The molecule has 19 heavy (non-hydrogen) atoms. The Morgan fingerprint density at radius 1 is 1.42 bits per heavy atom. The maximum atomic E-state index is 12.6. The van der Waals surface area contributed by atoms with Gasteiger partial charge in [-0.1, -0.05) is 33.1 Å². The molecule has 0 saturated carbocycles. The van der Waals surface area contributed by atoms with Gasteiger partial charge in [0.25, 0.3) is 0 Å². The molecule has 2 amide bonds. The zero-order chi connectivity index (χ0) is 14.8. The molecular formula is C15H24N2O2. The van der Waals surface area contributed by atoms with Gasteiger partial charge in [0.05, 0.1) is 6.04 Å². The van der Waals surface area contributed by atoms with Gasteiger partial charge in [-0.2, -0.15) is 0 Å². The number of hydrogen-bond donors (Lipinski definition) is 1. The van der Waals surface area contributed by atoms with Gasteiger partial charge in [0.1, 0.15) is 11.6 Å². The molecule has 4 nitrogen and oxygen atoms in total. The third kappa shape index (κ3) is 2.91. The molecule has 1 fully saturated rings. The lowest BCUT2D eigenvalue weighted by Gasteiger charge is -2.46. The van der Waals surface area contributed by atoms with Crippen molar-refractivity contribution in [2.45, 2.75) is 65.1 Å². The molecule has 2 atom stereocenters. The van der Waals surface area contributed by atoms with Crippen LogP contribution in [-0.2, 0) is 9.59 Å².